The summed E-state index contributed by atoms with van der Waals surface area (Å²) in [6, 6.07) is 11.6. The highest BCUT2D eigenvalue weighted by atomic mass is 32.2. The molecule has 9 heteroatoms. The molecule has 1 fully saturated rings. The highest BCUT2D eigenvalue weighted by Gasteiger charge is 2.38. The van der Waals surface area contributed by atoms with E-state index in [1.165, 1.54) is 17.0 Å². The topological polar surface area (TPSA) is 61.8 Å². The van der Waals surface area contributed by atoms with E-state index >= 15 is 0 Å². The third-order valence-electron chi connectivity index (χ3n) is 4.31. The van der Waals surface area contributed by atoms with Gasteiger partial charge in [0.25, 0.3) is 11.8 Å². The minimum atomic E-state index is -4.49. The Balaban J connectivity index is 1.72. The normalized spacial score (nSPS) is 20.7. The number of anilines is 1. The lowest BCUT2D eigenvalue weighted by molar-refractivity contribution is -0.137. The number of aliphatic imine (C=N–C) groups is 1. The molecule has 1 N–H and O–H groups in total. The van der Waals surface area contributed by atoms with E-state index in [0.29, 0.717) is 11.3 Å². The van der Waals surface area contributed by atoms with Gasteiger partial charge in [-0.2, -0.15) is 13.2 Å². The fraction of sp³-hybridized carbons (Fsp3) is 0.105. The Hall–Kier alpha value is -3.07. The molecule has 2 aromatic carbocycles. The Morgan fingerprint density at radius 3 is 2.57 bits per heavy atom. The lowest BCUT2D eigenvalue weighted by Gasteiger charge is -2.08. The zero-order valence-corrected chi connectivity index (χ0v) is 15.2. The van der Waals surface area contributed by atoms with Crippen LogP contribution in [0.2, 0.25) is 0 Å². The minimum absolute atomic E-state index is 0.0548. The van der Waals surface area contributed by atoms with Crippen LogP contribution in [0.4, 0.5) is 24.5 Å². The lowest BCUT2D eigenvalue weighted by atomic mass is 10.1. The number of amides is 2. The molecule has 0 bridgehead atoms. The maximum atomic E-state index is 12.9. The number of amidine groups is 1. The van der Waals surface area contributed by atoms with Gasteiger partial charge in [-0.05, 0) is 36.0 Å². The smallest absolute Gasteiger partial charge is 0.311 e. The summed E-state index contributed by atoms with van der Waals surface area (Å²) in [7, 11) is 1.61. The molecule has 2 aliphatic heterocycles. The van der Waals surface area contributed by atoms with Crippen molar-refractivity contribution in [3.63, 3.8) is 0 Å². The number of nitrogens with one attached hydrogen (secondary N) is 1. The first-order chi connectivity index (χ1) is 13.3. The van der Waals surface area contributed by atoms with E-state index in [0.717, 1.165) is 23.9 Å². The lowest BCUT2D eigenvalue weighted by Crippen LogP contribution is -2.23. The van der Waals surface area contributed by atoms with E-state index in [4.69, 9.17) is 0 Å². The van der Waals surface area contributed by atoms with Crippen molar-refractivity contribution in [1.29, 1.82) is 0 Å². The van der Waals surface area contributed by atoms with Gasteiger partial charge in [0.2, 0.25) is 0 Å². The van der Waals surface area contributed by atoms with Crippen LogP contribution >= 0.6 is 11.8 Å². The molecule has 0 aromatic heterocycles. The number of carbonyl (C=O) groups is 2. The molecule has 4 rings (SSSR count). The van der Waals surface area contributed by atoms with Gasteiger partial charge in [0.1, 0.15) is 0 Å². The Bertz CT molecular complexity index is 1080. The molecule has 0 saturated carbocycles. The molecule has 2 heterocycles. The van der Waals surface area contributed by atoms with Gasteiger partial charge in [0.05, 0.1) is 27.4 Å². The van der Waals surface area contributed by atoms with Gasteiger partial charge in [-0.25, -0.2) is 4.99 Å². The second-order valence-electron chi connectivity index (χ2n) is 6.11. The molecule has 0 unspecified atom stereocenters. The molecule has 28 heavy (non-hydrogen) atoms. The maximum absolute atomic E-state index is 12.9. The van der Waals surface area contributed by atoms with Gasteiger partial charge in [0.15, 0.2) is 5.17 Å². The number of rotatable bonds is 1. The first-order valence-electron chi connectivity index (χ1n) is 8.12. The monoisotopic (exact) mass is 403 g/mol. The number of para-hydroxylation sites is 1. The Morgan fingerprint density at radius 1 is 1.07 bits per heavy atom. The van der Waals surface area contributed by atoms with E-state index in [1.54, 1.807) is 31.3 Å². The standard InChI is InChI=1S/C19H12F3N3O2S/c1-25-13-8-3-2-7-12(13)14(17(25)27)15-16(26)24-18(28-15)23-11-6-4-5-10(9-11)19(20,21)22/h2-9H,1H3,(H,23,24,26). The second-order valence-corrected chi connectivity index (χ2v) is 7.11. The highest BCUT2D eigenvalue weighted by molar-refractivity contribution is 8.18. The highest BCUT2D eigenvalue weighted by Crippen LogP contribution is 2.42. The van der Waals surface area contributed by atoms with Crippen molar-refractivity contribution >= 4 is 45.7 Å². The molecule has 5 nitrogen and oxygen atoms in total. The first kappa shape index (κ1) is 18.3. The summed E-state index contributed by atoms with van der Waals surface area (Å²) in [5.41, 5.74) is 0.803. The number of hydrogen-bond donors (Lipinski definition) is 1. The Labute approximate surface area is 161 Å². The molecule has 0 aliphatic carbocycles. The molecule has 142 valence electrons. The maximum Gasteiger partial charge on any atom is 0.416 e. The second kappa shape index (κ2) is 6.52. The zero-order valence-electron chi connectivity index (χ0n) is 14.4. The van der Waals surface area contributed by atoms with Crippen molar-refractivity contribution in [3.05, 3.63) is 64.6 Å². The van der Waals surface area contributed by atoms with Crippen LogP contribution in [-0.4, -0.2) is 24.0 Å². The molecule has 2 aromatic rings. The Morgan fingerprint density at radius 2 is 1.82 bits per heavy atom. The fourth-order valence-electron chi connectivity index (χ4n) is 3.00. The molecule has 0 atom stereocenters. The molecular weight excluding hydrogens is 391 g/mol. The van der Waals surface area contributed by atoms with E-state index in [1.807, 2.05) is 0 Å². The number of alkyl halides is 3. The van der Waals surface area contributed by atoms with Crippen LogP contribution in [0.15, 0.2) is 58.4 Å². The predicted molar refractivity (Wildman–Crippen MR) is 101 cm³/mol. The summed E-state index contributed by atoms with van der Waals surface area (Å²) in [5, 5.41) is 2.64. The largest absolute Gasteiger partial charge is 0.416 e. The molecule has 2 aliphatic rings. The van der Waals surface area contributed by atoms with E-state index in [9.17, 15) is 22.8 Å². The van der Waals surface area contributed by atoms with Crippen molar-refractivity contribution in [2.45, 2.75) is 6.18 Å². The van der Waals surface area contributed by atoms with Crippen LogP contribution in [-0.2, 0) is 15.8 Å². The number of nitrogens with zero attached hydrogens (tertiary/aromatic N) is 2. The fourth-order valence-corrected chi connectivity index (χ4v) is 3.93. The van der Waals surface area contributed by atoms with Crippen LogP contribution in [0.5, 0.6) is 0 Å². The number of benzene rings is 2. The van der Waals surface area contributed by atoms with Crippen molar-refractivity contribution in [2.24, 2.45) is 4.99 Å². The van der Waals surface area contributed by atoms with Gasteiger partial charge < -0.3 is 10.2 Å². The number of hydrogen-bond acceptors (Lipinski definition) is 4. The number of halogens is 3. The van der Waals surface area contributed by atoms with Crippen molar-refractivity contribution < 1.29 is 22.8 Å². The van der Waals surface area contributed by atoms with Crippen LogP contribution in [0.3, 0.4) is 0 Å². The molecule has 1 saturated heterocycles. The number of fused-ring (bicyclic) bond motifs is 1. The number of likely N-dealkylation sites (N-methyl/N-ethyl adjacent to an activating group) is 1. The minimum Gasteiger partial charge on any atom is -0.311 e. The number of carbonyl (C=O) groups excluding carboxylic acids is 2. The predicted octanol–water partition coefficient (Wildman–Crippen LogP) is 3.94. The van der Waals surface area contributed by atoms with Crippen LogP contribution < -0.4 is 10.2 Å². The van der Waals surface area contributed by atoms with Crippen LogP contribution in [0, 0.1) is 0 Å². The van der Waals surface area contributed by atoms with E-state index in [2.05, 4.69) is 10.3 Å². The van der Waals surface area contributed by atoms with Crippen LogP contribution in [0.25, 0.3) is 5.57 Å². The number of thioether (sulfide) groups is 1. The summed E-state index contributed by atoms with van der Waals surface area (Å²) in [6.07, 6.45) is -4.49. The summed E-state index contributed by atoms with van der Waals surface area (Å²) >= 11 is 0.934. The van der Waals surface area contributed by atoms with E-state index < -0.39 is 17.6 Å². The molecule has 0 spiro atoms. The Kier molecular flexibility index (Phi) is 4.26. The van der Waals surface area contributed by atoms with Gasteiger partial charge in [-0.3, -0.25) is 9.59 Å². The molecule has 0 radical (unpaired) electrons. The van der Waals surface area contributed by atoms with Crippen molar-refractivity contribution in [3.8, 4) is 0 Å². The zero-order chi connectivity index (χ0) is 20.1. The quantitative estimate of drug-likeness (QED) is 0.734. The average Bonchev–Trinajstić information content (AvgIpc) is 3.12. The van der Waals surface area contributed by atoms with Gasteiger partial charge in [-0.1, -0.05) is 24.3 Å². The van der Waals surface area contributed by atoms with E-state index in [-0.39, 0.29) is 27.2 Å². The van der Waals surface area contributed by atoms with Crippen molar-refractivity contribution in [2.75, 3.05) is 11.9 Å². The third-order valence-corrected chi connectivity index (χ3v) is 5.29. The van der Waals surface area contributed by atoms with Gasteiger partial charge in [0, 0.05) is 12.6 Å². The summed E-state index contributed by atoms with van der Waals surface area (Å²) in [6.45, 7) is 0. The van der Waals surface area contributed by atoms with Gasteiger partial charge in [-0.15, -0.1) is 0 Å². The van der Waals surface area contributed by atoms with Gasteiger partial charge >= 0.3 is 6.18 Å². The average molecular weight is 403 g/mol. The molecular formula is C19H12F3N3O2S. The SMILES string of the molecule is CN1C(=O)C(=C2SC(=Nc3cccc(C(F)(F)F)c3)NC2=O)c2ccccc21. The summed E-state index contributed by atoms with van der Waals surface area (Å²) in [4.78, 5) is 30.8. The molecule has 2 amide bonds. The third kappa shape index (κ3) is 3.07. The van der Waals surface area contributed by atoms with Crippen LogP contribution in [0.1, 0.15) is 11.1 Å². The summed E-state index contributed by atoms with van der Waals surface area (Å²) in [5.74, 6) is -0.830. The summed E-state index contributed by atoms with van der Waals surface area (Å²) < 4.78 is 38.6. The first-order valence-corrected chi connectivity index (χ1v) is 8.94. The van der Waals surface area contributed by atoms with Crippen molar-refractivity contribution in [1.82, 2.24) is 5.32 Å².